The van der Waals surface area contributed by atoms with Gasteiger partial charge in [0.05, 0.1) is 7.11 Å². The van der Waals surface area contributed by atoms with Crippen LogP contribution in [0, 0.1) is 0 Å². The second-order valence-corrected chi connectivity index (χ2v) is 9.33. The van der Waals surface area contributed by atoms with Crippen LogP contribution in [0.3, 0.4) is 0 Å². The second-order valence-electron chi connectivity index (χ2n) is 8.89. The number of methoxy groups -OCH3 is 1. The summed E-state index contributed by atoms with van der Waals surface area (Å²) in [6.07, 6.45) is 0.730. The molecule has 0 aliphatic heterocycles. The molecule has 0 saturated carbocycles. The summed E-state index contributed by atoms with van der Waals surface area (Å²) in [5.74, 6) is 0.385. The highest BCUT2D eigenvalue weighted by molar-refractivity contribution is 6.31. The summed E-state index contributed by atoms with van der Waals surface area (Å²) in [6, 6.07) is 18.4. The molecule has 4 aromatic rings. The van der Waals surface area contributed by atoms with Gasteiger partial charge in [0.2, 0.25) is 0 Å². The molecule has 0 radical (unpaired) electrons. The number of alkyl carbamates (subject to hydrolysis) is 1. The Balaban J connectivity index is 1.57. The maximum atomic E-state index is 12.2. The van der Waals surface area contributed by atoms with Crippen LogP contribution < -0.4 is 10.1 Å². The van der Waals surface area contributed by atoms with Gasteiger partial charge < -0.3 is 19.1 Å². The van der Waals surface area contributed by atoms with Crippen molar-refractivity contribution < 1.29 is 28.7 Å². The first-order valence-corrected chi connectivity index (χ1v) is 12.1. The zero-order chi connectivity index (χ0) is 26.6. The third kappa shape index (κ3) is 6.10. The van der Waals surface area contributed by atoms with E-state index in [2.05, 4.69) is 16.8 Å². The maximum Gasteiger partial charge on any atom is 0.413 e. The lowest BCUT2D eigenvalue weighted by molar-refractivity contribution is -0.137. The molecule has 0 bridgehead atoms. The van der Waals surface area contributed by atoms with Gasteiger partial charge in [0, 0.05) is 28.5 Å². The molecule has 8 nitrogen and oxygen atoms in total. The number of carbonyl (C=O) groups excluding carboxylic acids is 2. The van der Waals surface area contributed by atoms with E-state index in [1.54, 1.807) is 36.4 Å². The van der Waals surface area contributed by atoms with Crippen LogP contribution in [0.25, 0.3) is 22.2 Å². The number of nitrogens with one attached hydrogen (secondary N) is 1. The van der Waals surface area contributed by atoms with Gasteiger partial charge in [0.15, 0.2) is 5.58 Å². The van der Waals surface area contributed by atoms with Crippen LogP contribution in [0.5, 0.6) is 11.5 Å². The van der Waals surface area contributed by atoms with Crippen LogP contribution in [0.4, 0.5) is 4.79 Å². The minimum Gasteiger partial charge on any atom is -0.457 e. The van der Waals surface area contributed by atoms with Gasteiger partial charge in [-0.1, -0.05) is 42.2 Å². The molecule has 4 rings (SSSR count). The number of aromatic nitrogens is 1. The van der Waals surface area contributed by atoms with Crippen molar-refractivity contribution in [2.75, 3.05) is 7.11 Å². The number of carbonyl (C=O) groups is 2. The molecule has 9 heteroatoms. The molecule has 192 valence electrons. The number of ether oxygens (including phenoxy) is 2. The minimum atomic E-state index is -1.83. The lowest BCUT2D eigenvalue weighted by Gasteiger charge is -2.22. The quantitative estimate of drug-likeness (QED) is 0.289. The molecule has 0 saturated heterocycles. The molecule has 1 atom stereocenters. The van der Waals surface area contributed by atoms with Gasteiger partial charge in [0.25, 0.3) is 5.91 Å². The number of amides is 2. The van der Waals surface area contributed by atoms with E-state index < -0.39 is 17.6 Å². The molecule has 0 aliphatic carbocycles. The van der Waals surface area contributed by atoms with Gasteiger partial charge in [-0.05, 0) is 66.9 Å². The Hall–Kier alpha value is -3.88. The van der Waals surface area contributed by atoms with E-state index in [9.17, 15) is 14.7 Å². The van der Waals surface area contributed by atoms with Crippen molar-refractivity contribution in [1.29, 1.82) is 0 Å². The van der Waals surface area contributed by atoms with E-state index in [-0.39, 0.29) is 6.42 Å². The first kappa shape index (κ1) is 26.2. The largest absolute Gasteiger partial charge is 0.457 e. The summed E-state index contributed by atoms with van der Waals surface area (Å²) in [4.78, 5) is 23.6. The number of rotatable bonds is 8. The summed E-state index contributed by atoms with van der Waals surface area (Å²) in [5, 5.41) is 18.3. The van der Waals surface area contributed by atoms with E-state index in [0.717, 1.165) is 42.2 Å². The lowest BCUT2D eigenvalue weighted by Crippen LogP contribution is -2.48. The number of nitrogens with zero attached hydrogens (tertiary/aromatic N) is 1. The molecule has 1 aromatic heterocycles. The highest BCUT2D eigenvalue weighted by Gasteiger charge is 2.32. The van der Waals surface area contributed by atoms with Gasteiger partial charge >= 0.3 is 6.09 Å². The fourth-order valence-corrected chi connectivity index (χ4v) is 4.17. The number of hydrogen-bond donors (Lipinski definition) is 2. The van der Waals surface area contributed by atoms with Gasteiger partial charge in [0.1, 0.15) is 22.8 Å². The van der Waals surface area contributed by atoms with Crippen LogP contribution in [0.1, 0.15) is 31.4 Å². The highest BCUT2D eigenvalue weighted by Crippen LogP contribution is 2.35. The number of aliphatic hydroxyl groups is 1. The SMILES string of the molecule is CCCc1cc(-c2noc3cc(Cl)ccc23)ccc1Oc1cccc(C[C@@](C)(O)C(=O)NC(=O)OC)c1. The number of aryl methyl sites for hydroxylation is 1. The standard InChI is InChI=1S/C28H27ClN2O6/c1-4-6-18-14-19(25-22-11-10-20(29)15-24(22)37-31-25)9-12-23(18)36-21-8-5-7-17(13-21)16-28(2,34)26(32)30-27(33)35-3/h5,7-15,34H,4,6,16H2,1-3H3,(H,30,32,33)/t28-/m1/s1. The highest BCUT2D eigenvalue weighted by atomic mass is 35.5. The normalized spacial score (nSPS) is 12.7. The molecule has 37 heavy (non-hydrogen) atoms. The first-order valence-electron chi connectivity index (χ1n) is 11.8. The van der Waals surface area contributed by atoms with E-state index in [4.69, 9.17) is 20.9 Å². The number of fused-ring (bicyclic) bond motifs is 1. The first-order chi connectivity index (χ1) is 17.7. The summed E-state index contributed by atoms with van der Waals surface area (Å²) >= 11 is 6.07. The smallest absolute Gasteiger partial charge is 0.413 e. The van der Waals surface area contributed by atoms with Gasteiger partial charge in [-0.15, -0.1) is 0 Å². The zero-order valence-corrected chi connectivity index (χ0v) is 21.5. The van der Waals surface area contributed by atoms with E-state index in [1.165, 1.54) is 6.92 Å². The van der Waals surface area contributed by atoms with Crippen LogP contribution in [0.2, 0.25) is 5.02 Å². The second kappa shape index (κ2) is 11.0. The third-order valence-electron chi connectivity index (χ3n) is 5.85. The molecular formula is C28H27ClN2O6. The fourth-order valence-electron chi connectivity index (χ4n) is 4.01. The van der Waals surface area contributed by atoms with Gasteiger partial charge in [-0.3, -0.25) is 10.1 Å². The summed E-state index contributed by atoms with van der Waals surface area (Å²) in [6.45, 7) is 3.42. The summed E-state index contributed by atoms with van der Waals surface area (Å²) < 4.78 is 16.1. The van der Waals surface area contributed by atoms with Crippen LogP contribution >= 0.6 is 11.6 Å². The van der Waals surface area contributed by atoms with Crippen molar-refractivity contribution in [2.24, 2.45) is 0 Å². The van der Waals surface area contributed by atoms with Gasteiger partial charge in [-0.25, -0.2) is 4.79 Å². The molecule has 1 heterocycles. The number of halogens is 1. The number of benzene rings is 3. The predicted molar refractivity (Wildman–Crippen MR) is 140 cm³/mol. The Bertz CT molecular complexity index is 1450. The maximum absolute atomic E-state index is 12.2. The van der Waals surface area contributed by atoms with Crippen molar-refractivity contribution in [3.63, 3.8) is 0 Å². The molecule has 3 aromatic carbocycles. The zero-order valence-electron chi connectivity index (χ0n) is 20.7. The van der Waals surface area contributed by atoms with Crippen LogP contribution in [0.15, 0.2) is 65.2 Å². The average Bonchev–Trinajstić information content (AvgIpc) is 3.28. The Morgan fingerprint density at radius 2 is 1.95 bits per heavy atom. The van der Waals surface area contributed by atoms with Crippen LogP contribution in [-0.2, 0) is 22.4 Å². The number of hydrogen-bond acceptors (Lipinski definition) is 7. The third-order valence-corrected chi connectivity index (χ3v) is 6.09. The van der Waals surface area contributed by atoms with Crippen molar-refractivity contribution in [2.45, 2.75) is 38.7 Å². The molecule has 2 N–H and O–H groups in total. The van der Waals surface area contributed by atoms with Crippen LogP contribution in [-0.4, -0.2) is 35.0 Å². The molecule has 2 amide bonds. The minimum absolute atomic E-state index is 0.0307. The van der Waals surface area contributed by atoms with Crippen molar-refractivity contribution in [3.8, 4) is 22.8 Å². The molecule has 0 fully saturated rings. The average molecular weight is 523 g/mol. The van der Waals surface area contributed by atoms with E-state index in [0.29, 0.717) is 27.7 Å². The van der Waals surface area contributed by atoms with Crippen molar-refractivity contribution in [3.05, 3.63) is 76.8 Å². The molecular weight excluding hydrogens is 496 g/mol. The van der Waals surface area contributed by atoms with E-state index >= 15 is 0 Å². The Kier molecular flexibility index (Phi) is 7.80. The van der Waals surface area contributed by atoms with Gasteiger partial charge in [-0.2, -0.15) is 0 Å². The Morgan fingerprint density at radius 3 is 2.70 bits per heavy atom. The monoisotopic (exact) mass is 522 g/mol. The molecule has 0 unspecified atom stereocenters. The lowest BCUT2D eigenvalue weighted by atomic mass is 9.95. The van der Waals surface area contributed by atoms with Crippen molar-refractivity contribution >= 4 is 34.6 Å². The summed E-state index contributed by atoms with van der Waals surface area (Å²) in [7, 11) is 1.14. The van der Waals surface area contributed by atoms with Crippen molar-refractivity contribution in [1.82, 2.24) is 10.5 Å². The molecule has 0 spiro atoms. The number of imide groups is 1. The summed E-state index contributed by atoms with van der Waals surface area (Å²) in [5.41, 5.74) is 2.08. The Labute approximate surface area is 219 Å². The topological polar surface area (TPSA) is 111 Å². The predicted octanol–water partition coefficient (Wildman–Crippen LogP) is 6.07. The van der Waals surface area contributed by atoms with E-state index in [1.807, 2.05) is 29.6 Å². The Morgan fingerprint density at radius 1 is 1.14 bits per heavy atom. The fraction of sp³-hybridized carbons (Fsp3) is 0.250. The molecule has 0 aliphatic rings.